The van der Waals surface area contributed by atoms with E-state index < -0.39 is 97.5 Å². The van der Waals surface area contributed by atoms with Gasteiger partial charge in [-0.15, -0.1) is 0 Å². The Morgan fingerprint density at radius 2 is 0.522 bits per heavy atom. The van der Waals surface area contributed by atoms with Gasteiger partial charge >= 0.3 is 39.5 Å². The molecule has 7 atom stereocenters. The number of ether oxygens (including phenoxy) is 4. The average Bonchev–Trinajstić information content (AvgIpc) is 2.33. The maximum atomic E-state index is 13.1. The van der Waals surface area contributed by atoms with Crippen LogP contribution < -0.4 is 0 Å². The smallest absolute Gasteiger partial charge is 0.462 e. The van der Waals surface area contributed by atoms with E-state index in [9.17, 15) is 43.2 Å². The lowest BCUT2D eigenvalue weighted by Crippen LogP contribution is -2.30. The van der Waals surface area contributed by atoms with Gasteiger partial charge in [0.1, 0.15) is 19.3 Å². The van der Waals surface area contributed by atoms with Crippen molar-refractivity contribution in [3.63, 3.8) is 0 Å². The van der Waals surface area contributed by atoms with Crippen molar-refractivity contribution >= 4 is 39.5 Å². The third kappa shape index (κ3) is 64.1. The fraction of sp³-hybridized carbons (Fsp3) is 0.945. The van der Waals surface area contributed by atoms with E-state index in [-0.39, 0.29) is 25.7 Å². The summed E-state index contributed by atoms with van der Waals surface area (Å²) in [6.45, 7) is 9.63. The second-order valence-electron chi connectivity index (χ2n) is 26.8. The summed E-state index contributed by atoms with van der Waals surface area (Å²) in [5.74, 6) is -0.429. The highest BCUT2D eigenvalue weighted by Gasteiger charge is 2.30. The maximum Gasteiger partial charge on any atom is 0.472 e. The molecule has 17 nitrogen and oxygen atoms in total. The van der Waals surface area contributed by atoms with E-state index in [4.69, 9.17) is 37.0 Å². The first-order valence-electron chi connectivity index (χ1n) is 38.1. The Morgan fingerprint density at radius 1 is 0.304 bits per heavy atom. The number of rotatable bonds is 72. The van der Waals surface area contributed by atoms with Crippen molar-refractivity contribution in [2.24, 2.45) is 11.8 Å². The number of esters is 4. The monoisotopic (exact) mass is 1350 g/mol. The van der Waals surface area contributed by atoms with Crippen molar-refractivity contribution < 1.29 is 80.2 Å². The van der Waals surface area contributed by atoms with Gasteiger partial charge in [0.2, 0.25) is 0 Å². The SMILES string of the molecule is CCCCCCCCCCC(=O)OC[C@H](COP(=O)(O)OC[C@H](O)COP(=O)(O)OC[C@@H](COC(=O)CCCCCCCCCCCCCCCCC(C)CC)OC(=O)CCCCCCCCCCCCCCCCC(C)CC)OC(=O)CCCCCCCCCC. The van der Waals surface area contributed by atoms with Crippen LogP contribution in [0.25, 0.3) is 0 Å². The largest absolute Gasteiger partial charge is 0.472 e. The predicted octanol–water partition coefficient (Wildman–Crippen LogP) is 21.2. The standard InChI is InChI=1S/C73H142O17P2/c1-7-11-13-15-17-37-43-49-55-70(75)83-61-68(89-72(77)57-51-45-38-18-16-14-12-8-2)63-87-91(79,80)85-59-67(74)60-86-92(81,82)88-64-69(90-73(78)58-52-46-40-34-30-26-22-20-24-28-32-36-42-48-54-66(6)10-4)62-84-71(76)56-50-44-39-33-29-25-21-19-23-27-31-35-41-47-53-65(5)9-3/h65-69,74H,7-64H2,1-6H3,(H,79,80)(H,81,82)/t65?,66?,67-,68+,69+/m0/s1. The number of aliphatic hydroxyl groups excluding tert-OH is 1. The molecule has 0 aliphatic carbocycles. The molecular formula is C73H142O17P2. The fourth-order valence-corrected chi connectivity index (χ4v) is 12.6. The molecule has 0 amide bonds. The van der Waals surface area contributed by atoms with Crippen molar-refractivity contribution in [3.05, 3.63) is 0 Å². The summed E-state index contributed by atoms with van der Waals surface area (Å²) in [6, 6.07) is 0. The van der Waals surface area contributed by atoms with Crippen LogP contribution in [0.2, 0.25) is 0 Å². The van der Waals surface area contributed by atoms with Crippen LogP contribution in [0.5, 0.6) is 0 Å². The minimum absolute atomic E-state index is 0.105. The quantitative estimate of drug-likeness (QED) is 0.0222. The summed E-state index contributed by atoms with van der Waals surface area (Å²) in [6.07, 6.45) is 51.4. The summed E-state index contributed by atoms with van der Waals surface area (Å²) in [5, 5.41) is 10.6. The lowest BCUT2D eigenvalue weighted by Gasteiger charge is -2.21. The molecule has 0 aromatic rings. The number of hydrogen-bond donors (Lipinski definition) is 3. The molecule has 3 N–H and O–H groups in total. The molecular weight excluding hydrogens is 1210 g/mol. The summed E-state index contributed by atoms with van der Waals surface area (Å²) in [7, 11) is -9.90. The van der Waals surface area contributed by atoms with E-state index in [1.54, 1.807) is 0 Å². The molecule has 0 spiro atoms. The van der Waals surface area contributed by atoms with Gasteiger partial charge in [-0.1, -0.05) is 324 Å². The minimum Gasteiger partial charge on any atom is -0.462 e. The van der Waals surface area contributed by atoms with Gasteiger partial charge in [-0.25, -0.2) is 9.13 Å². The number of unbranched alkanes of at least 4 members (excludes halogenated alkanes) is 40. The highest BCUT2D eigenvalue weighted by Crippen LogP contribution is 2.45. The van der Waals surface area contributed by atoms with Crippen LogP contribution in [-0.2, 0) is 65.4 Å². The molecule has 0 aromatic carbocycles. The van der Waals surface area contributed by atoms with Gasteiger partial charge in [0, 0.05) is 25.7 Å². The van der Waals surface area contributed by atoms with E-state index in [0.29, 0.717) is 25.7 Å². The maximum absolute atomic E-state index is 13.1. The number of phosphoric ester groups is 2. The second-order valence-corrected chi connectivity index (χ2v) is 29.7. The van der Waals surface area contributed by atoms with Crippen molar-refractivity contribution in [3.8, 4) is 0 Å². The fourth-order valence-electron chi connectivity index (χ4n) is 11.1. The van der Waals surface area contributed by atoms with Gasteiger partial charge in [-0.05, 0) is 37.5 Å². The number of carbonyl (C=O) groups is 4. The molecule has 0 aliphatic heterocycles. The first-order valence-corrected chi connectivity index (χ1v) is 41.1. The van der Waals surface area contributed by atoms with Crippen molar-refractivity contribution in [1.29, 1.82) is 0 Å². The molecule has 19 heteroatoms. The number of phosphoric acid groups is 2. The van der Waals surface area contributed by atoms with E-state index in [1.807, 2.05) is 0 Å². The zero-order valence-electron chi connectivity index (χ0n) is 59.9. The third-order valence-corrected chi connectivity index (χ3v) is 19.6. The molecule has 0 radical (unpaired) electrons. The molecule has 92 heavy (non-hydrogen) atoms. The van der Waals surface area contributed by atoms with Gasteiger partial charge in [-0.3, -0.25) is 37.3 Å². The van der Waals surface area contributed by atoms with Crippen LogP contribution in [0.4, 0.5) is 0 Å². The Kier molecular flexibility index (Phi) is 63.7. The first-order chi connectivity index (χ1) is 44.4. The minimum atomic E-state index is -4.95. The van der Waals surface area contributed by atoms with Gasteiger partial charge < -0.3 is 33.8 Å². The molecule has 0 heterocycles. The third-order valence-electron chi connectivity index (χ3n) is 17.7. The summed E-state index contributed by atoms with van der Waals surface area (Å²) < 4.78 is 68.2. The van der Waals surface area contributed by atoms with Crippen LogP contribution in [-0.4, -0.2) is 96.7 Å². The van der Waals surface area contributed by atoms with Gasteiger partial charge in [0.05, 0.1) is 26.4 Å². The summed E-state index contributed by atoms with van der Waals surface area (Å²) in [5.41, 5.74) is 0. The highest BCUT2D eigenvalue weighted by atomic mass is 31.2. The van der Waals surface area contributed by atoms with Gasteiger partial charge in [0.25, 0.3) is 0 Å². The second kappa shape index (κ2) is 65.0. The topological polar surface area (TPSA) is 237 Å². The van der Waals surface area contributed by atoms with E-state index in [0.717, 1.165) is 115 Å². The lowest BCUT2D eigenvalue weighted by molar-refractivity contribution is -0.161. The zero-order valence-corrected chi connectivity index (χ0v) is 61.6. The van der Waals surface area contributed by atoms with Gasteiger partial charge in [-0.2, -0.15) is 0 Å². The van der Waals surface area contributed by atoms with Crippen LogP contribution in [0, 0.1) is 11.8 Å². The Balaban J connectivity index is 5.17. The van der Waals surface area contributed by atoms with Gasteiger partial charge in [0.15, 0.2) is 12.2 Å². The van der Waals surface area contributed by atoms with E-state index in [1.165, 1.54) is 180 Å². The van der Waals surface area contributed by atoms with Crippen LogP contribution in [0.3, 0.4) is 0 Å². The van der Waals surface area contributed by atoms with Crippen LogP contribution >= 0.6 is 15.6 Å². The Labute approximate surface area is 562 Å². The normalized spacial score (nSPS) is 14.7. The molecule has 0 aromatic heterocycles. The summed E-state index contributed by atoms with van der Waals surface area (Å²) >= 11 is 0. The Hall–Kier alpha value is -1.94. The lowest BCUT2D eigenvalue weighted by atomic mass is 9.99. The van der Waals surface area contributed by atoms with Crippen molar-refractivity contribution in [1.82, 2.24) is 0 Å². The Bertz CT molecular complexity index is 1790. The number of carbonyl (C=O) groups excluding carboxylic acids is 4. The molecule has 546 valence electrons. The highest BCUT2D eigenvalue weighted by molar-refractivity contribution is 7.47. The average molecular weight is 1350 g/mol. The van der Waals surface area contributed by atoms with Crippen molar-refractivity contribution in [2.75, 3.05) is 39.6 Å². The predicted molar refractivity (Wildman–Crippen MR) is 372 cm³/mol. The summed E-state index contributed by atoms with van der Waals surface area (Å²) in [4.78, 5) is 72.5. The van der Waals surface area contributed by atoms with Crippen LogP contribution in [0.1, 0.15) is 375 Å². The molecule has 0 bridgehead atoms. The number of hydrogen-bond acceptors (Lipinski definition) is 15. The van der Waals surface area contributed by atoms with E-state index >= 15 is 0 Å². The molecule has 0 aliphatic rings. The molecule has 4 unspecified atom stereocenters. The number of aliphatic hydroxyl groups is 1. The van der Waals surface area contributed by atoms with Crippen LogP contribution in [0.15, 0.2) is 0 Å². The zero-order chi connectivity index (χ0) is 67.9. The molecule has 0 rings (SSSR count). The van der Waals surface area contributed by atoms with E-state index in [2.05, 4.69) is 41.5 Å². The Morgan fingerprint density at radius 3 is 0.772 bits per heavy atom. The molecule has 0 saturated heterocycles. The van der Waals surface area contributed by atoms with Crippen molar-refractivity contribution in [2.45, 2.75) is 394 Å². The first kappa shape index (κ1) is 90.1. The molecule has 0 saturated carbocycles. The molecule has 0 fully saturated rings.